The number of guanidine groups is 1. The minimum absolute atomic E-state index is 0. The van der Waals surface area contributed by atoms with Gasteiger partial charge in [0.1, 0.15) is 5.76 Å². The van der Waals surface area contributed by atoms with Gasteiger partial charge in [0, 0.05) is 22.2 Å². The lowest BCUT2D eigenvalue weighted by molar-refractivity contribution is 0.392. The Morgan fingerprint density at radius 3 is 2.67 bits per heavy atom. The SMILES string of the molecule is Cc1noc(C)c1CCN=C(N)NC(C)c1ccc(Cl)cc1Cl.I. The van der Waals surface area contributed by atoms with Gasteiger partial charge in [-0.3, -0.25) is 4.99 Å². The molecule has 8 heteroatoms. The predicted molar refractivity (Wildman–Crippen MR) is 110 cm³/mol. The summed E-state index contributed by atoms with van der Waals surface area (Å²) in [5.74, 6) is 1.20. The fraction of sp³-hybridized carbons (Fsp3) is 0.375. The van der Waals surface area contributed by atoms with Gasteiger partial charge in [0.25, 0.3) is 0 Å². The van der Waals surface area contributed by atoms with Crippen LogP contribution in [0.4, 0.5) is 0 Å². The summed E-state index contributed by atoms with van der Waals surface area (Å²) < 4.78 is 5.13. The zero-order valence-corrected chi connectivity index (χ0v) is 17.6. The number of aliphatic imine (C=N–C) groups is 1. The van der Waals surface area contributed by atoms with Crippen LogP contribution in [0.3, 0.4) is 0 Å². The molecule has 0 bridgehead atoms. The van der Waals surface area contributed by atoms with Gasteiger partial charge in [-0.1, -0.05) is 34.4 Å². The number of rotatable bonds is 5. The largest absolute Gasteiger partial charge is 0.370 e. The van der Waals surface area contributed by atoms with Crippen molar-refractivity contribution in [2.45, 2.75) is 33.2 Å². The van der Waals surface area contributed by atoms with Crippen LogP contribution in [0.2, 0.25) is 10.0 Å². The Morgan fingerprint density at radius 1 is 1.38 bits per heavy atom. The third-order valence-electron chi connectivity index (χ3n) is 3.62. The molecule has 0 fully saturated rings. The third-order valence-corrected chi connectivity index (χ3v) is 4.18. The quantitative estimate of drug-likeness (QED) is 0.375. The van der Waals surface area contributed by atoms with E-state index >= 15 is 0 Å². The van der Waals surface area contributed by atoms with Crippen molar-refractivity contribution >= 4 is 53.1 Å². The van der Waals surface area contributed by atoms with Crippen molar-refractivity contribution in [2.24, 2.45) is 10.7 Å². The summed E-state index contributed by atoms with van der Waals surface area (Å²) in [5.41, 5.74) is 8.83. The Kier molecular flexibility index (Phi) is 8.32. The van der Waals surface area contributed by atoms with E-state index in [1.165, 1.54) is 0 Å². The standard InChI is InChI=1S/C16H20Cl2N4O.HI/c1-9(14-5-4-12(17)8-15(14)18)21-16(19)20-7-6-13-10(2)22-23-11(13)3;/h4-5,8-9H,6-7H2,1-3H3,(H3,19,20,21);1H. The van der Waals surface area contributed by atoms with Crippen LogP contribution in [0.1, 0.15) is 35.5 Å². The van der Waals surface area contributed by atoms with E-state index in [-0.39, 0.29) is 30.0 Å². The van der Waals surface area contributed by atoms with Gasteiger partial charge in [-0.25, -0.2) is 0 Å². The zero-order chi connectivity index (χ0) is 17.0. The van der Waals surface area contributed by atoms with Crippen LogP contribution < -0.4 is 11.1 Å². The van der Waals surface area contributed by atoms with Crippen molar-refractivity contribution in [2.75, 3.05) is 6.54 Å². The summed E-state index contributed by atoms with van der Waals surface area (Å²) in [6, 6.07) is 5.31. The van der Waals surface area contributed by atoms with Gasteiger partial charge in [0.05, 0.1) is 11.7 Å². The number of hydrogen-bond donors (Lipinski definition) is 2. The number of benzene rings is 1. The highest BCUT2D eigenvalue weighted by Crippen LogP contribution is 2.25. The second-order valence-electron chi connectivity index (χ2n) is 5.35. The molecule has 2 rings (SSSR count). The number of halogens is 3. The lowest BCUT2D eigenvalue weighted by atomic mass is 10.1. The summed E-state index contributed by atoms with van der Waals surface area (Å²) in [6.45, 7) is 6.33. The Morgan fingerprint density at radius 2 is 2.08 bits per heavy atom. The van der Waals surface area contributed by atoms with E-state index in [0.29, 0.717) is 22.5 Å². The topological polar surface area (TPSA) is 76.4 Å². The first-order valence-electron chi connectivity index (χ1n) is 7.31. The van der Waals surface area contributed by atoms with Gasteiger partial charge in [-0.05, 0) is 44.9 Å². The minimum atomic E-state index is -0.0671. The molecule has 0 saturated carbocycles. The molecule has 3 N–H and O–H groups in total. The fourth-order valence-electron chi connectivity index (χ4n) is 2.34. The Bertz CT molecular complexity index is 699. The van der Waals surface area contributed by atoms with Crippen LogP contribution in [-0.4, -0.2) is 17.7 Å². The monoisotopic (exact) mass is 482 g/mol. The first kappa shape index (κ1) is 21.1. The number of nitrogens with one attached hydrogen (secondary N) is 1. The highest BCUT2D eigenvalue weighted by molar-refractivity contribution is 14.0. The van der Waals surface area contributed by atoms with Crippen molar-refractivity contribution in [3.8, 4) is 0 Å². The maximum absolute atomic E-state index is 6.19. The predicted octanol–water partition coefficient (Wildman–Crippen LogP) is 4.42. The van der Waals surface area contributed by atoms with Gasteiger partial charge in [0.15, 0.2) is 5.96 Å². The van der Waals surface area contributed by atoms with Crippen LogP contribution in [0.5, 0.6) is 0 Å². The molecular formula is C16H21Cl2IN4O. The number of aryl methyl sites for hydroxylation is 2. The van der Waals surface area contributed by atoms with Crippen molar-refractivity contribution in [1.29, 1.82) is 0 Å². The molecule has 0 aliphatic carbocycles. The molecule has 132 valence electrons. The molecule has 0 radical (unpaired) electrons. The number of hydrogen-bond acceptors (Lipinski definition) is 3. The van der Waals surface area contributed by atoms with Gasteiger partial charge in [0.2, 0.25) is 0 Å². The summed E-state index contributed by atoms with van der Waals surface area (Å²) in [4.78, 5) is 4.34. The van der Waals surface area contributed by atoms with Gasteiger partial charge >= 0.3 is 0 Å². The summed E-state index contributed by atoms with van der Waals surface area (Å²) in [6.07, 6.45) is 0.736. The van der Waals surface area contributed by atoms with E-state index < -0.39 is 0 Å². The van der Waals surface area contributed by atoms with Crippen molar-refractivity contribution < 1.29 is 4.52 Å². The van der Waals surface area contributed by atoms with E-state index in [9.17, 15) is 0 Å². The molecule has 1 heterocycles. The highest BCUT2D eigenvalue weighted by atomic mass is 127. The summed E-state index contributed by atoms with van der Waals surface area (Å²) >= 11 is 12.1. The van der Waals surface area contributed by atoms with E-state index in [0.717, 1.165) is 29.0 Å². The molecule has 0 aliphatic heterocycles. The van der Waals surface area contributed by atoms with Crippen LogP contribution in [-0.2, 0) is 6.42 Å². The average Bonchev–Trinajstić information content (AvgIpc) is 2.78. The Hall–Kier alpha value is -0.990. The number of nitrogens with two attached hydrogens (primary N) is 1. The third kappa shape index (κ3) is 5.53. The van der Waals surface area contributed by atoms with Crippen molar-refractivity contribution in [3.63, 3.8) is 0 Å². The molecule has 0 amide bonds. The van der Waals surface area contributed by atoms with E-state index in [1.807, 2.05) is 26.8 Å². The van der Waals surface area contributed by atoms with Gasteiger partial charge < -0.3 is 15.6 Å². The van der Waals surface area contributed by atoms with E-state index in [1.54, 1.807) is 12.1 Å². The highest BCUT2D eigenvalue weighted by Gasteiger charge is 2.11. The minimum Gasteiger partial charge on any atom is -0.370 e. The lowest BCUT2D eigenvalue weighted by Gasteiger charge is -2.16. The van der Waals surface area contributed by atoms with Crippen LogP contribution in [0.25, 0.3) is 0 Å². The Balaban J connectivity index is 0.00000288. The van der Waals surface area contributed by atoms with Crippen molar-refractivity contribution in [3.05, 3.63) is 50.8 Å². The van der Waals surface area contributed by atoms with E-state index in [2.05, 4.69) is 15.5 Å². The summed E-state index contributed by atoms with van der Waals surface area (Å²) in [7, 11) is 0. The van der Waals surface area contributed by atoms with Crippen LogP contribution >= 0.6 is 47.2 Å². The molecule has 2 aromatic rings. The van der Waals surface area contributed by atoms with Crippen molar-refractivity contribution in [1.82, 2.24) is 10.5 Å². The van der Waals surface area contributed by atoms with Gasteiger partial charge in [-0.2, -0.15) is 0 Å². The smallest absolute Gasteiger partial charge is 0.189 e. The molecule has 5 nitrogen and oxygen atoms in total. The molecule has 1 aromatic heterocycles. The van der Waals surface area contributed by atoms with Crippen LogP contribution in [0, 0.1) is 13.8 Å². The lowest BCUT2D eigenvalue weighted by Crippen LogP contribution is -2.34. The molecule has 1 aromatic carbocycles. The molecule has 1 unspecified atom stereocenters. The second kappa shape index (κ2) is 9.48. The zero-order valence-electron chi connectivity index (χ0n) is 13.8. The fourth-order valence-corrected chi connectivity index (χ4v) is 2.92. The Labute approximate surface area is 169 Å². The second-order valence-corrected chi connectivity index (χ2v) is 6.20. The van der Waals surface area contributed by atoms with Crippen LogP contribution in [0.15, 0.2) is 27.7 Å². The molecule has 0 aliphatic rings. The maximum Gasteiger partial charge on any atom is 0.189 e. The summed E-state index contributed by atoms with van der Waals surface area (Å²) in [5, 5.41) is 8.25. The first-order valence-corrected chi connectivity index (χ1v) is 8.07. The molecule has 0 saturated heterocycles. The molecule has 24 heavy (non-hydrogen) atoms. The first-order chi connectivity index (χ1) is 10.9. The molecule has 1 atom stereocenters. The molecular weight excluding hydrogens is 462 g/mol. The molecule has 0 spiro atoms. The van der Waals surface area contributed by atoms with E-state index in [4.69, 9.17) is 33.5 Å². The number of aromatic nitrogens is 1. The normalized spacial score (nSPS) is 12.6. The number of nitrogens with zero attached hydrogens (tertiary/aromatic N) is 2. The van der Waals surface area contributed by atoms with Gasteiger partial charge in [-0.15, -0.1) is 24.0 Å². The maximum atomic E-state index is 6.19. The average molecular weight is 483 g/mol.